The molecule has 0 bridgehead atoms. The van der Waals surface area contributed by atoms with Gasteiger partial charge < -0.3 is 20.1 Å². The number of aliphatic carboxylic acids is 1. The van der Waals surface area contributed by atoms with Crippen LogP contribution in [0, 0.1) is 0 Å². The summed E-state index contributed by atoms with van der Waals surface area (Å²) in [5.41, 5.74) is 0.443. The number of hydrogen-bond acceptors (Lipinski definition) is 3. The van der Waals surface area contributed by atoms with Gasteiger partial charge in [-0.05, 0) is 34.8 Å². The molecule has 0 aromatic carbocycles. The third-order valence-electron chi connectivity index (χ3n) is 3.01. The number of aliphatic hydroxyl groups is 1. The van der Waals surface area contributed by atoms with Crippen molar-refractivity contribution in [3.8, 4) is 0 Å². The SMILES string of the molecule is O=C(N[C@H](CCO)C(=O)O)c1cc(Br)cn1C1CC1. The molecule has 0 spiro atoms. The maximum atomic E-state index is 12.1. The molecule has 3 N–H and O–H groups in total. The van der Waals surface area contributed by atoms with Gasteiger partial charge >= 0.3 is 5.97 Å². The van der Waals surface area contributed by atoms with Crippen LogP contribution in [0.4, 0.5) is 0 Å². The molecule has 1 heterocycles. The molecule has 1 aliphatic carbocycles. The summed E-state index contributed by atoms with van der Waals surface area (Å²) in [5.74, 6) is -1.58. The highest BCUT2D eigenvalue weighted by molar-refractivity contribution is 9.10. The molecule has 7 heteroatoms. The number of aliphatic hydroxyl groups excluding tert-OH is 1. The third kappa shape index (κ3) is 3.36. The number of nitrogens with one attached hydrogen (secondary N) is 1. The minimum Gasteiger partial charge on any atom is -0.480 e. The Balaban J connectivity index is 2.12. The Morgan fingerprint density at radius 2 is 2.21 bits per heavy atom. The average molecular weight is 331 g/mol. The lowest BCUT2D eigenvalue weighted by molar-refractivity contribution is -0.139. The van der Waals surface area contributed by atoms with E-state index in [4.69, 9.17) is 10.2 Å². The first-order valence-electron chi connectivity index (χ1n) is 6.05. The minimum absolute atomic E-state index is 0.00756. The molecular formula is C12H15BrN2O4. The number of carboxylic acids is 1. The summed E-state index contributed by atoms with van der Waals surface area (Å²) in [6.07, 6.45) is 3.88. The van der Waals surface area contributed by atoms with Gasteiger partial charge in [0.25, 0.3) is 5.91 Å². The highest BCUT2D eigenvalue weighted by Crippen LogP contribution is 2.37. The molecule has 1 amide bonds. The molecule has 0 aliphatic heterocycles. The van der Waals surface area contributed by atoms with Gasteiger partial charge in [0.15, 0.2) is 0 Å². The van der Waals surface area contributed by atoms with E-state index in [-0.39, 0.29) is 13.0 Å². The first-order chi connectivity index (χ1) is 9.02. The number of carbonyl (C=O) groups excluding carboxylic acids is 1. The Kier molecular flexibility index (Phi) is 4.26. The van der Waals surface area contributed by atoms with Crippen molar-refractivity contribution in [1.29, 1.82) is 0 Å². The van der Waals surface area contributed by atoms with Crippen molar-refractivity contribution in [2.45, 2.75) is 31.3 Å². The fourth-order valence-electron chi connectivity index (χ4n) is 1.90. The van der Waals surface area contributed by atoms with E-state index in [0.717, 1.165) is 17.3 Å². The van der Waals surface area contributed by atoms with Crippen LogP contribution in [0.15, 0.2) is 16.7 Å². The van der Waals surface area contributed by atoms with E-state index in [1.807, 2.05) is 10.8 Å². The standard InChI is InChI=1S/C12H15BrN2O4/c13-7-5-10(15(6-7)8-1-2-8)11(17)14-9(3-4-16)12(18)19/h5-6,8-9,16H,1-4H2,(H,14,17)(H,18,19)/t9-/m1/s1. The number of amides is 1. The second kappa shape index (κ2) is 5.75. The number of carbonyl (C=O) groups is 2. The van der Waals surface area contributed by atoms with E-state index in [1.54, 1.807) is 6.07 Å². The molecular weight excluding hydrogens is 316 g/mol. The molecule has 6 nitrogen and oxygen atoms in total. The monoisotopic (exact) mass is 330 g/mol. The first-order valence-corrected chi connectivity index (χ1v) is 6.84. The summed E-state index contributed by atoms with van der Waals surface area (Å²) in [6, 6.07) is 0.929. The molecule has 2 rings (SSSR count). The summed E-state index contributed by atoms with van der Waals surface area (Å²) in [5, 5.41) is 20.2. The topological polar surface area (TPSA) is 91.6 Å². The second-order valence-electron chi connectivity index (χ2n) is 4.56. The second-order valence-corrected chi connectivity index (χ2v) is 5.47. The van der Waals surface area contributed by atoms with E-state index in [0.29, 0.717) is 11.7 Å². The van der Waals surface area contributed by atoms with Crippen molar-refractivity contribution < 1.29 is 19.8 Å². The van der Waals surface area contributed by atoms with E-state index in [1.165, 1.54) is 0 Å². The Morgan fingerprint density at radius 1 is 1.53 bits per heavy atom. The fraction of sp³-hybridized carbons (Fsp3) is 0.500. The van der Waals surface area contributed by atoms with Crippen LogP contribution in [0.5, 0.6) is 0 Å². The van der Waals surface area contributed by atoms with Gasteiger partial charge in [-0.25, -0.2) is 4.79 Å². The van der Waals surface area contributed by atoms with Gasteiger partial charge in [0.2, 0.25) is 0 Å². The Labute approximate surface area is 118 Å². The quantitative estimate of drug-likeness (QED) is 0.729. The summed E-state index contributed by atoms with van der Waals surface area (Å²) < 4.78 is 2.65. The summed E-state index contributed by atoms with van der Waals surface area (Å²) in [6.45, 7) is -0.287. The van der Waals surface area contributed by atoms with Gasteiger partial charge in [-0.15, -0.1) is 0 Å². The molecule has 1 saturated carbocycles. The van der Waals surface area contributed by atoms with Crippen LogP contribution < -0.4 is 5.32 Å². The van der Waals surface area contributed by atoms with E-state index in [2.05, 4.69) is 21.2 Å². The molecule has 1 atom stereocenters. The molecule has 1 aliphatic rings. The van der Waals surface area contributed by atoms with Gasteiger partial charge in [0.1, 0.15) is 11.7 Å². The van der Waals surface area contributed by atoms with E-state index >= 15 is 0 Å². The van der Waals surface area contributed by atoms with E-state index < -0.39 is 17.9 Å². The Bertz CT molecular complexity index is 496. The molecule has 0 radical (unpaired) electrons. The van der Waals surface area contributed by atoms with Gasteiger partial charge in [0.05, 0.1) is 0 Å². The zero-order valence-electron chi connectivity index (χ0n) is 10.2. The highest BCUT2D eigenvalue weighted by atomic mass is 79.9. The normalized spacial score (nSPS) is 16.1. The van der Waals surface area contributed by atoms with Crippen LogP contribution >= 0.6 is 15.9 Å². The third-order valence-corrected chi connectivity index (χ3v) is 3.44. The van der Waals surface area contributed by atoms with Crippen LogP contribution in [0.3, 0.4) is 0 Å². The minimum atomic E-state index is -1.15. The number of nitrogens with zero attached hydrogens (tertiary/aromatic N) is 1. The van der Waals surface area contributed by atoms with Crippen LogP contribution in [-0.4, -0.2) is 39.3 Å². The molecule has 1 aromatic rings. The lowest BCUT2D eigenvalue weighted by Gasteiger charge is -2.14. The van der Waals surface area contributed by atoms with Gasteiger partial charge in [-0.1, -0.05) is 0 Å². The molecule has 104 valence electrons. The maximum Gasteiger partial charge on any atom is 0.326 e. The molecule has 0 unspecified atom stereocenters. The predicted octanol–water partition coefficient (Wildman–Crippen LogP) is 1.15. The smallest absolute Gasteiger partial charge is 0.326 e. The van der Waals surface area contributed by atoms with Crippen molar-refractivity contribution >= 4 is 27.8 Å². The largest absolute Gasteiger partial charge is 0.480 e. The zero-order chi connectivity index (χ0) is 14.0. The van der Waals surface area contributed by atoms with Crippen LogP contribution in [0.25, 0.3) is 0 Å². The summed E-state index contributed by atoms with van der Waals surface area (Å²) >= 11 is 3.32. The van der Waals surface area contributed by atoms with Crippen molar-refractivity contribution in [1.82, 2.24) is 9.88 Å². The van der Waals surface area contributed by atoms with Crippen LogP contribution in [0.2, 0.25) is 0 Å². The van der Waals surface area contributed by atoms with Gasteiger partial charge in [0, 0.05) is 29.7 Å². The van der Waals surface area contributed by atoms with Gasteiger partial charge in [-0.2, -0.15) is 0 Å². The fourth-order valence-corrected chi connectivity index (χ4v) is 2.34. The zero-order valence-corrected chi connectivity index (χ0v) is 11.8. The van der Waals surface area contributed by atoms with E-state index in [9.17, 15) is 9.59 Å². The average Bonchev–Trinajstić information content (AvgIpc) is 3.11. The lowest BCUT2D eigenvalue weighted by atomic mass is 10.2. The molecule has 0 saturated heterocycles. The van der Waals surface area contributed by atoms with Crippen molar-refractivity contribution in [3.05, 3.63) is 22.4 Å². The summed E-state index contributed by atoms with van der Waals surface area (Å²) in [7, 11) is 0. The molecule has 1 fully saturated rings. The highest BCUT2D eigenvalue weighted by Gasteiger charge is 2.29. The number of hydrogen-bond donors (Lipinski definition) is 3. The predicted molar refractivity (Wildman–Crippen MR) is 71.0 cm³/mol. The first kappa shape index (κ1) is 14.1. The Hall–Kier alpha value is -1.34. The molecule has 1 aromatic heterocycles. The number of rotatable bonds is 6. The number of aromatic nitrogens is 1. The maximum absolute atomic E-state index is 12.1. The van der Waals surface area contributed by atoms with Crippen molar-refractivity contribution in [2.75, 3.05) is 6.61 Å². The molecule has 19 heavy (non-hydrogen) atoms. The lowest BCUT2D eigenvalue weighted by Crippen LogP contribution is -2.42. The van der Waals surface area contributed by atoms with Crippen LogP contribution in [0.1, 0.15) is 35.8 Å². The van der Waals surface area contributed by atoms with Crippen molar-refractivity contribution in [2.24, 2.45) is 0 Å². The van der Waals surface area contributed by atoms with Crippen molar-refractivity contribution in [3.63, 3.8) is 0 Å². The number of carboxylic acid groups (broad SMARTS) is 1. The number of halogens is 1. The van der Waals surface area contributed by atoms with Crippen LogP contribution in [-0.2, 0) is 4.79 Å². The van der Waals surface area contributed by atoms with Gasteiger partial charge in [-0.3, -0.25) is 4.79 Å². The Morgan fingerprint density at radius 3 is 2.74 bits per heavy atom. The summed E-state index contributed by atoms with van der Waals surface area (Å²) in [4.78, 5) is 23.1.